The van der Waals surface area contributed by atoms with Crippen molar-refractivity contribution < 1.29 is 0 Å². The van der Waals surface area contributed by atoms with Crippen LogP contribution >= 0.6 is 0 Å². The van der Waals surface area contributed by atoms with Crippen LogP contribution in [0.2, 0.25) is 0 Å². The molecular weight excluding hydrogens is 149 g/mol. The van der Waals surface area contributed by atoms with E-state index in [-0.39, 0.29) is 17.4 Å². The standard InChI is InChI=1S/C9H7N.Al.3H/c1-2-6-9-8(4-1)5-3-7-10-9;;;;/h1-7H;;;;. The van der Waals surface area contributed by atoms with E-state index in [1.165, 1.54) is 5.39 Å². The number of benzene rings is 1. The predicted octanol–water partition coefficient (Wildman–Crippen LogP) is 1.05. The lowest BCUT2D eigenvalue weighted by atomic mass is 10.2. The Kier molecular flexibility index (Phi) is 2.65. The van der Waals surface area contributed by atoms with Gasteiger partial charge in [-0.1, -0.05) is 24.3 Å². The molecule has 0 saturated heterocycles. The van der Waals surface area contributed by atoms with Crippen molar-refractivity contribution in [3.05, 3.63) is 42.6 Å². The van der Waals surface area contributed by atoms with Gasteiger partial charge in [-0.2, -0.15) is 0 Å². The van der Waals surface area contributed by atoms with Gasteiger partial charge in [-0.25, -0.2) is 0 Å². The molecule has 0 amide bonds. The SMILES string of the molecule is [AlH3].c1ccc2ncccc2c1. The first-order valence-corrected chi connectivity index (χ1v) is 3.26. The number of rotatable bonds is 0. The molecule has 0 aliphatic rings. The van der Waals surface area contributed by atoms with Gasteiger partial charge in [0.25, 0.3) is 0 Å². The number of fused-ring (bicyclic) bond motifs is 1. The molecule has 0 aliphatic heterocycles. The Labute approximate surface area is 76.2 Å². The molecule has 0 fully saturated rings. The molecule has 0 atom stereocenters. The highest BCUT2D eigenvalue weighted by Crippen LogP contribution is 2.07. The second-order valence-corrected chi connectivity index (χ2v) is 2.20. The van der Waals surface area contributed by atoms with Crippen LogP contribution < -0.4 is 0 Å². The molecule has 2 rings (SSSR count). The molecule has 0 spiro atoms. The normalized spacial score (nSPS) is 9.09. The van der Waals surface area contributed by atoms with Crippen molar-refractivity contribution in [2.24, 2.45) is 0 Å². The third-order valence-electron chi connectivity index (χ3n) is 1.51. The number of aromatic nitrogens is 1. The minimum Gasteiger partial charge on any atom is -0.256 e. The molecule has 2 aromatic rings. The van der Waals surface area contributed by atoms with Crippen LogP contribution in [0, 0.1) is 0 Å². The van der Waals surface area contributed by atoms with Gasteiger partial charge in [0.05, 0.1) is 5.52 Å². The summed E-state index contributed by atoms with van der Waals surface area (Å²) in [6.45, 7) is 0. The van der Waals surface area contributed by atoms with Gasteiger partial charge in [0, 0.05) is 11.6 Å². The van der Waals surface area contributed by atoms with E-state index in [9.17, 15) is 0 Å². The minimum atomic E-state index is 0. The zero-order valence-corrected chi connectivity index (χ0v) is 5.49. The molecule has 0 unspecified atom stereocenters. The zero-order valence-electron chi connectivity index (χ0n) is 5.49. The van der Waals surface area contributed by atoms with Gasteiger partial charge >= 0.3 is 0 Å². The fraction of sp³-hybridized carbons (Fsp3) is 0. The van der Waals surface area contributed by atoms with Crippen molar-refractivity contribution in [1.82, 2.24) is 4.98 Å². The maximum absolute atomic E-state index is 4.18. The summed E-state index contributed by atoms with van der Waals surface area (Å²) in [7, 11) is 0. The van der Waals surface area contributed by atoms with Crippen LogP contribution in [0.25, 0.3) is 10.9 Å². The summed E-state index contributed by atoms with van der Waals surface area (Å²) in [5, 5.41) is 1.20. The van der Waals surface area contributed by atoms with Gasteiger partial charge in [-0.15, -0.1) is 0 Å². The fourth-order valence-corrected chi connectivity index (χ4v) is 1.02. The summed E-state index contributed by atoms with van der Waals surface area (Å²) in [6, 6.07) is 12.1. The molecule has 0 bridgehead atoms. The van der Waals surface area contributed by atoms with Crippen molar-refractivity contribution >= 4 is 28.3 Å². The molecular formula is C9H10AlN. The fourth-order valence-electron chi connectivity index (χ4n) is 1.02. The summed E-state index contributed by atoms with van der Waals surface area (Å²) in [5.74, 6) is 0. The molecule has 1 nitrogen and oxygen atoms in total. The lowest BCUT2D eigenvalue weighted by molar-refractivity contribution is 1.41. The lowest BCUT2D eigenvalue weighted by Crippen LogP contribution is -1.73. The number of pyridine rings is 1. The summed E-state index contributed by atoms with van der Waals surface area (Å²) in [5.41, 5.74) is 1.06. The second-order valence-electron chi connectivity index (χ2n) is 2.20. The van der Waals surface area contributed by atoms with E-state index in [0.29, 0.717) is 0 Å². The first-order chi connectivity index (χ1) is 4.97. The van der Waals surface area contributed by atoms with E-state index < -0.39 is 0 Å². The monoisotopic (exact) mass is 159 g/mol. The highest BCUT2D eigenvalue weighted by atomic mass is 27.0. The van der Waals surface area contributed by atoms with Crippen LogP contribution in [0.3, 0.4) is 0 Å². The molecule has 0 radical (unpaired) electrons. The Hall–Kier alpha value is -0.838. The molecule has 2 heteroatoms. The Balaban J connectivity index is 0.000000605. The Morgan fingerprint density at radius 2 is 1.64 bits per heavy atom. The lowest BCUT2D eigenvalue weighted by Gasteiger charge is -1.91. The van der Waals surface area contributed by atoms with Crippen LogP contribution in [0.4, 0.5) is 0 Å². The average molecular weight is 159 g/mol. The van der Waals surface area contributed by atoms with E-state index >= 15 is 0 Å². The molecule has 1 aromatic heterocycles. The van der Waals surface area contributed by atoms with Crippen molar-refractivity contribution in [1.29, 1.82) is 0 Å². The highest BCUT2D eigenvalue weighted by Gasteiger charge is 1.86. The van der Waals surface area contributed by atoms with Gasteiger partial charge < -0.3 is 0 Å². The molecule has 54 valence electrons. The molecule has 0 saturated carbocycles. The zero-order chi connectivity index (χ0) is 6.81. The number of hydrogen-bond donors (Lipinski definition) is 0. The Morgan fingerprint density at radius 3 is 2.45 bits per heavy atom. The van der Waals surface area contributed by atoms with Crippen LogP contribution in [0.15, 0.2) is 42.6 Å². The maximum atomic E-state index is 4.18. The average Bonchev–Trinajstić information content (AvgIpc) is 2.05. The third-order valence-corrected chi connectivity index (χ3v) is 1.51. The van der Waals surface area contributed by atoms with Crippen LogP contribution in [0.5, 0.6) is 0 Å². The van der Waals surface area contributed by atoms with Crippen LogP contribution in [0.1, 0.15) is 0 Å². The highest BCUT2D eigenvalue weighted by molar-refractivity contribution is 5.77. The van der Waals surface area contributed by atoms with Crippen molar-refractivity contribution in [3.63, 3.8) is 0 Å². The largest absolute Gasteiger partial charge is 0.256 e. The maximum Gasteiger partial charge on any atom is 0.187 e. The van der Waals surface area contributed by atoms with Crippen molar-refractivity contribution in [2.45, 2.75) is 0 Å². The third kappa shape index (κ3) is 1.60. The topological polar surface area (TPSA) is 12.9 Å². The smallest absolute Gasteiger partial charge is 0.187 e. The van der Waals surface area contributed by atoms with Crippen molar-refractivity contribution in [3.8, 4) is 0 Å². The number of para-hydroxylation sites is 1. The van der Waals surface area contributed by atoms with E-state index in [1.54, 1.807) is 0 Å². The van der Waals surface area contributed by atoms with Gasteiger partial charge in [0.15, 0.2) is 17.4 Å². The van der Waals surface area contributed by atoms with Gasteiger partial charge in [-0.05, 0) is 12.1 Å². The summed E-state index contributed by atoms with van der Waals surface area (Å²) in [6.07, 6.45) is 1.81. The van der Waals surface area contributed by atoms with Crippen LogP contribution in [-0.2, 0) is 0 Å². The van der Waals surface area contributed by atoms with E-state index in [1.807, 2.05) is 30.5 Å². The molecule has 0 N–H and O–H groups in total. The number of nitrogens with zero attached hydrogens (tertiary/aromatic N) is 1. The van der Waals surface area contributed by atoms with Gasteiger partial charge in [0.1, 0.15) is 0 Å². The second kappa shape index (κ2) is 3.52. The quantitative estimate of drug-likeness (QED) is 0.523. The Morgan fingerprint density at radius 1 is 0.909 bits per heavy atom. The molecule has 11 heavy (non-hydrogen) atoms. The summed E-state index contributed by atoms with van der Waals surface area (Å²) < 4.78 is 0. The Bertz CT molecular complexity index is 281. The van der Waals surface area contributed by atoms with E-state index in [2.05, 4.69) is 17.1 Å². The van der Waals surface area contributed by atoms with Crippen molar-refractivity contribution in [2.75, 3.05) is 0 Å². The molecule has 0 aliphatic carbocycles. The number of hydrogen-bond acceptors (Lipinski definition) is 1. The molecule has 1 heterocycles. The molecule has 1 aromatic carbocycles. The summed E-state index contributed by atoms with van der Waals surface area (Å²) >= 11 is 0. The van der Waals surface area contributed by atoms with Gasteiger partial charge in [-0.3, -0.25) is 4.98 Å². The minimum absolute atomic E-state index is 0. The predicted molar refractivity (Wildman–Crippen MR) is 51.7 cm³/mol. The van der Waals surface area contributed by atoms with Gasteiger partial charge in [0.2, 0.25) is 0 Å². The summed E-state index contributed by atoms with van der Waals surface area (Å²) in [4.78, 5) is 4.18. The van der Waals surface area contributed by atoms with E-state index in [4.69, 9.17) is 0 Å². The van der Waals surface area contributed by atoms with Crippen LogP contribution in [-0.4, -0.2) is 22.3 Å². The first kappa shape index (κ1) is 8.26. The first-order valence-electron chi connectivity index (χ1n) is 3.26. The van der Waals surface area contributed by atoms with E-state index in [0.717, 1.165) is 5.52 Å².